The van der Waals surface area contributed by atoms with Gasteiger partial charge in [-0.25, -0.2) is 4.90 Å². The van der Waals surface area contributed by atoms with E-state index in [1.807, 2.05) is 0 Å². The molecule has 2 heterocycles. The Morgan fingerprint density at radius 2 is 1.56 bits per heavy atom. The first-order valence-electron chi connectivity index (χ1n) is 4.51. The molecule has 0 unspecified atom stereocenters. The zero-order valence-electron chi connectivity index (χ0n) is 7.88. The van der Waals surface area contributed by atoms with E-state index in [0.717, 1.165) is 0 Å². The molecular formula is C10H5NO5. The van der Waals surface area contributed by atoms with Crippen LogP contribution >= 0.6 is 0 Å². The number of carbonyl (C=O) groups excluding carboxylic acids is 3. The van der Waals surface area contributed by atoms with Gasteiger partial charge in [0.25, 0.3) is 11.8 Å². The Hall–Kier alpha value is -2.05. The molecule has 0 aromatic heterocycles. The topological polar surface area (TPSA) is 79.5 Å². The number of hydrogen-bond donors (Lipinski definition) is 0. The summed E-state index contributed by atoms with van der Waals surface area (Å²) in [6.45, 7) is 0. The normalized spacial score (nSPS) is 20.9. The van der Waals surface area contributed by atoms with E-state index >= 15 is 0 Å². The Kier molecular flexibility index (Phi) is 1.58. The molecule has 2 amide bonds. The molecule has 2 aliphatic heterocycles. The van der Waals surface area contributed by atoms with Crippen LogP contribution in [0.5, 0.6) is 0 Å². The van der Waals surface area contributed by atoms with Crippen molar-refractivity contribution in [3.05, 3.63) is 35.4 Å². The van der Waals surface area contributed by atoms with Crippen LogP contribution < -0.4 is 0 Å². The van der Waals surface area contributed by atoms with Crippen LogP contribution in [0.2, 0.25) is 0 Å². The highest BCUT2D eigenvalue weighted by molar-refractivity contribution is 6.22. The fraction of sp³-hybridized carbons (Fsp3) is 0.100. The summed E-state index contributed by atoms with van der Waals surface area (Å²) in [5.41, 5.74) is 0.487. The molecule has 1 aromatic carbocycles. The van der Waals surface area contributed by atoms with Crippen molar-refractivity contribution in [2.24, 2.45) is 0 Å². The molecule has 2 aliphatic rings. The minimum Gasteiger partial charge on any atom is -0.295 e. The summed E-state index contributed by atoms with van der Waals surface area (Å²) < 4.78 is 0. The van der Waals surface area contributed by atoms with Crippen molar-refractivity contribution >= 4 is 18.1 Å². The molecule has 0 spiro atoms. The third kappa shape index (κ3) is 0.944. The van der Waals surface area contributed by atoms with Gasteiger partial charge in [0.15, 0.2) is 0 Å². The molecule has 0 atom stereocenters. The molecule has 1 aromatic rings. The summed E-state index contributed by atoms with van der Waals surface area (Å²) >= 11 is 0. The van der Waals surface area contributed by atoms with Gasteiger partial charge in [-0.1, -0.05) is 12.1 Å². The highest BCUT2D eigenvalue weighted by Gasteiger charge is 2.62. The molecule has 0 N–H and O–H groups in total. The average molecular weight is 219 g/mol. The number of aldehydes is 1. The predicted molar refractivity (Wildman–Crippen MR) is 47.9 cm³/mol. The monoisotopic (exact) mass is 219 g/mol. The molecule has 3 rings (SSSR count). The van der Waals surface area contributed by atoms with Crippen molar-refractivity contribution in [1.29, 1.82) is 0 Å². The number of carbonyl (C=O) groups is 3. The number of hydrogen-bond acceptors (Lipinski definition) is 5. The SMILES string of the molecule is O=CC1(N2C(=O)c3ccccc3C2=O)OO1. The molecule has 80 valence electrons. The second-order valence-corrected chi connectivity index (χ2v) is 3.41. The summed E-state index contributed by atoms with van der Waals surface area (Å²) in [5.74, 6) is -3.04. The Morgan fingerprint density at radius 1 is 1.06 bits per heavy atom. The maximum atomic E-state index is 11.8. The lowest BCUT2D eigenvalue weighted by Crippen LogP contribution is -2.43. The van der Waals surface area contributed by atoms with Gasteiger partial charge in [-0.15, -0.1) is 0 Å². The summed E-state index contributed by atoms with van der Waals surface area (Å²) in [6.07, 6.45) is 0.272. The van der Waals surface area contributed by atoms with Gasteiger partial charge in [0.2, 0.25) is 6.29 Å². The van der Waals surface area contributed by atoms with Crippen LogP contribution in [0.15, 0.2) is 24.3 Å². The maximum absolute atomic E-state index is 11.8. The summed E-state index contributed by atoms with van der Waals surface area (Å²) in [5, 5.41) is 0. The van der Waals surface area contributed by atoms with Crippen molar-refractivity contribution in [3.8, 4) is 0 Å². The first-order chi connectivity index (χ1) is 7.69. The molecule has 0 radical (unpaired) electrons. The standard InChI is InChI=1S/C10H5NO5/c12-5-10(15-16-10)11-8(13)6-3-1-2-4-7(6)9(11)14/h1-5H. The van der Waals surface area contributed by atoms with E-state index in [9.17, 15) is 14.4 Å². The minimum atomic E-state index is -1.85. The number of imide groups is 1. The van der Waals surface area contributed by atoms with Crippen molar-refractivity contribution in [2.75, 3.05) is 0 Å². The summed E-state index contributed by atoms with van der Waals surface area (Å²) in [4.78, 5) is 43.9. The zero-order chi connectivity index (χ0) is 11.3. The second-order valence-electron chi connectivity index (χ2n) is 3.41. The van der Waals surface area contributed by atoms with Crippen molar-refractivity contribution < 1.29 is 24.2 Å². The van der Waals surface area contributed by atoms with E-state index in [-0.39, 0.29) is 17.4 Å². The maximum Gasteiger partial charge on any atom is 0.376 e. The first-order valence-corrected chi connectivity index (χ1v) is 4.51. The molecule has 1 fully saturated rings. The number of amides is 2. The van der Waals surface area contributed by atoms with Gasteiger partial charge in [-0.2, -0.15) is 9.78 Å². The molecular weight excluding hydrogens is 214 g/mol. The van der Waals surface area contributed by atoms with E-state index in [0.29, 0.717) is 4.90 Å². The van der Waals surface area contributed by atoms with Crippen LogP contribution in [0.3, 0.4) is 0 Å². The van der Waals surface area contributed by atoms with Crippen molar-refractivity contribution in [2.45, 2.75) is 5.91 Å². The fourth-order valence-electron chi connectivity index (χ4n) is 1.68. The lowest BCUT2D eigenvalue weighted by atomic mass is 10.1. The van der Waals surface area contributed by atoms with Gasteiger partial charge in [0, 0.05) is 0 Å². The lowest BCUT2D eigenvalue weighted by molar-refractivity contribution is -0.117. The van der Waals surface area contributed by atoms with E-state index < -0.39 is 17.7 Å². The third-order valence-corrected chi connectivity index (χ3v) is 2.51. The van der Waals surface area contributed by atoms with Gasteiger partial charge in [0.05, 0.1) is 11.1 Å². The Bertz CT molecular complexity index is 485. The zero-order valence-corrected chi connectivity index (χ0v) is 7.88. The van der Waals surface area contributed by atoms with Gasteiger partial charge in [0.1, 0.15) is 0 Å². The number of fused-ring (bicyclic) bond motifs is 1. The van der Waals surface area contributed by atoms with Gasteiger partial charge in [-0.05, 0) is 12.1 Å². The third-order valence-electron chi connectivity index (χ3n) is 2.51. The lowest BCUT2D eigenvalue weighted by Gasteiger charge is -2.12. The smallest absolute Gasteiger partial charge is 0.295 e. The molecule has 0 saturated carbocycles. The van der Waals surface area contributed by atoms with Gasteiger partial charge in [-0.3, -0.25) is 14.4 Å². The highest BCUT2D eigenvalue weighted by Crippen LogP contribution is 2.37. The molecule has 0 bridgehead atoms. The van der Waals surface area contributed by atoms with Crippen molar-refractivity contribution in [1.82, 2.24) is 4.90 Å². The van der Waals surface area contributed by atoms with Gasteiger partial charge < -0.3 is 0 Å². The van der Waals surface area contributed by atoms with E-state index in [2.05, 4.69) is 9.78 Å². The molecule has 1 saturated heterocycles. The van der Waals surface area contributed by atoms with Gasteiger partial charge >= 0.3 is 5.91 Å². The average Bonchev–Trinajstić information content (AvgIpc) is 3.05. The molecule has 0 aliphatic carbocycles. The van der Waals surface area contributed by atoms with Crippen LogP contribution in [0, 0.1) is 0 Å². The Balaban J connectivity index is 2.12. The summed E-state index contributed by atoms with van der Waals surface area (Å²) in [6, 6.07) is 6.29. The van der Waals surface area contributed by atoms with Crippen LogP contribution in [0.25, 0.3) is 0 Å². The number of nitrogens with zero attached hydrogens (tertiary/aromatic N) is 1. The Labute approximate surface area is 89.3 Å². The molecule has 6 heteroatoms. The van der Waals surface area contributed by atoms with Crippen LogP contribution in [0.1, 0.15) is 20.7 Å². The van der Waals surface area contributed by atoms with Crippen LogP contribution in [-0.4, -0.2) is 28.9 Å². The fourth-order valence-corrected chi connectivity index (χ4v) is 1.68. The predicted octanol–water partition coefficient (Wildman–Crippen LogP) is 0.0971. The van der Waals surface area contributed by atoms with Crippen LogP contribution in [0.4, 0.5) is 0 Å². The molecule has 6 nitrogen and oxygen atoms in total. The quantitative estimate of drug-likeness (QED) is 0.305. The Morgan fingerprint density at radius 3 is 1.94 bits per heavy atom. The molecule has 16 heavy (non-hydrogen) atoms. The largest absolute Gasteiger partial charge is 0.376 e. The van der Waals surface area contributed by atoms with E-state index in [1.165, 1.54) is 12.1 Å². The minimum absolute atomic E-state index is 0.243. The number of benzene rings is 1. The van der Waals surface area contributed by atoms with E-state index in [4.69, 9.17) is 0 Å². The first kappa shape index (κ1) is 9.20. The van der Waals surface area contributed by atoms with Crippen LogP contribution in [-0.2, 0) is 14.6 Å². The highest BCUT2D eigenvalue weighted by atomic mass is 17.4. The number of rotatable bonds is 2. The van der Waals surface area contributed by atoms with E-state index in [1.54, 1.807) is 12.1 Å². The summed E-state index contributed by atoms with van der Waals surface area (Å²) in [7, 11) is 0. The second kappa shape index (κ2) is 2.75. The van der Waals surface area contributed by atoms with Crippen molar-refractivity contribution in [3.63, 3.8) is 0 Å².